The van der Waals surface area contributed by atoms with Crippen molar-refractivity contribution in [1.82, 2.24) is 9.21 Å². The molecule has 1 atom stereocenters. The molecule has 3 aromatic rings. The van der Waals surface area contributed by atoms with Crippen LogP contribution in [0.2, 0.25) is 10.0 Å². The van der Waals surface area contributed by atoms with Crippen LogP contribution in [0.15, 0.2) is 64.9 Å². The number of thiophene rings is 1. The predicted octanol–water partition coefficient (Wildman–Crippen LogP) is 6.50. The van der Waals surface area contributed by atoms with Gasteiger partial charge in [-0.3, -0.25) is 4.79 Å². The van der Waals surface area contributed by atoms with Crippen molar-refractivity contribution in [3.05, 3.63) is 86.0 Å². The molecular weight excluding hydrogens is 523 g/mol. The Morgan fingerprint density at radius 2 is 1.77 bits per heavy atom. The standard InChI is InChI=1S/C26H28Cl2N2O3S2/c1-19(16-23-6-5-15-34-23)30(18-20-7-10-22(27)11-8-20)26(31)21-9-12-24(28)25(17-21)35(32,33)29-13-3-2-4-14-29/h5-12,15,17,19H,2-4,13-14,16,18H2,1H3/t19-/m0/s1. The number of hydrogen-bond donors (Lipinski definition) is 0. The van der Waals surface area contributed by atoms with Crippen LogP contribution in [0.5, 0.6) is 0 Å². The molecule has 5 nitrogen and oxygen atoms in total. The van der Waals surface area contributed by atoms with Gasteiger partial charge in [0, 0.05) is 47.6 Å². The first-order chi connectivity index (χ1) is 16.8. The lowest BCUT2D eigenvalue weighted by atomic mass is 10.1. The fourth-order valence-corrected chi connectivity index (χ4v) is 7.26. The van der Waals surface area contributed by atoms with E-state index < -0.39 is 10.0 Å². The second kappa shape index (κ2) is 11.4. The molecule has 4 rings (SSSR count). The van der Waals surface area contributed by atoms with Crippen molar-refractivity contribution in [2.24, 2.45) is 0 Å². The molecule has 0 unspecified atom stereocenters. The van der Waals surface area contributed by atoms with Gasteiger partial charge in [0.05, 0.1) is 5.02 Å². The smallest absolute Gasteiger partial charge is 0.254 e. The molecule has 0 N–H and O–H groups in total. The quantitative estimate of drug-likeness (QED) is 0.321. The molecule has 35 heavy (non-hydrogen) atoms. The minimum Gasteiger partial charge on any atom is -0.331 e. The van der Waals surface area contributed by atoms with Gasteiger partial charge in [-0.2, -0.15) is 4.31 Å². The third kappa shape index (κ3) is 6.27. The zero-order valence-electron chi connectivity index (χ0n) is 19.5. The summed E-state index contributed by atoms with van der Waals surface area (Å²) in [6.45, 7) is 3.32. The van der Waals surface area contributed by atoms with Crippen molar-refractivity contribution >= 4 is 50.5 Å². The van der Waals surface area contributed by atoms with Crippen LogP contribution < -0.4 is 0 Å². The van der Waals surface area contributed by atoms with Crippen molar-refractivity contribution in [1.29, 1.82) is 0 Å². The van der Waals surface area contributed by atoms with Gasteiger partial charge in [0.2, 0.25) is 10.0 Å². The molecule has 1 aliphatic rings. The zero-order chi connectivity index (χ0) is 25.0. The SMILES string of the molecule is C[C@@H](Cc1cccs1)N(Cc1ccc(Cl)cc1)C(=O)c1ccc(Cl)c(S(=O)(=O)N2CCCCC2)c1. The van der Waals surface area contributed by atoms with E-state index in [1.165, 1.54) is 21.3 Å². The first kappa shape index (κ1) is 26.2. The van der Waals surface area contributed by atoms with Gasteiger partial charge in [-0.15, -0.1) is 11.3 Å². The summed E-state index contributed by atoms with van der Waals surface area (Å²) in [6.07, 6.45) is 3.36. The highest BCUT2D eigenvalue weighted by atomic mass is 35.5. The minimum atomic E-state index is -3.78. The largest absolute Gasteiger partial charge is 0.331 e. The Hall–Kier alpha value is -1.90. The van der Waals surface area contributed by atoms with Crippen LogP contribution in [-0.4, -0.2) is 42.7 Å². The molecule has 1 aromatic heterocycles. The summed E-state index contributed by atoms with van der Waals surface area (Å²) in [5, 5.41) is 2.77. The zero-order valence-corrected chi connectivity index (χ0v) is 22.6. The van der Waals surface area contributed by atoms with Crippen LogP contribution in [0.1, 0.15) is 47.0 Å². The Labute approximate surface area is 221 Å². The number of carbonyl (C=O) groups excluding carboxylic acids is 1. The molecule has 2 aromatic carbocycles. The van der Waals surface area contributed by atoms with Gasteiger partial charge in [0.15, 0.2) is 0 Å². The minimum absolute atomic E-state index is 0.00994. The van der Waals surface area contributed by atoms with Crippen LogP contribution in [0.4, 0.5) is 0 Å². The molecule has 0 spiro atoms. The number of hydrogen-bond acceptors (Lipinski definition) is 4. The van der Waals surface area contributed by atoms with Crippen LogP contribution in [0.25, 0.3) is 0 Å². The molecule has 0 radical (unpaired) electrons. The Balaban J connectivity index is 1.66. The lowest BCUT2D eigenvalue weighted by Gasteiger charge is -2.30. The van der Waals surface area contributed by atoms with E-state index in [0.717, 1.165) is 24.8 Å². The summed E-state index contributed by atoms with van der Waals surface area (Å²) in [5.74, 6) is -0.240. The lowest BCUT2D eigenvalue weighted by Crippen LogP contribution is -2.39. The number of piperidine rings is 1. The number of benzene rings is 2. The number of sulfonamides is 1. The summed E-state index contributed by atoms with van der Waals surface area (Å²) in [6, 6.07) is 15.9. The summed E-state index contributed by atoms with van der Waals surface area (Å²) in [7, 11) is -3.78. The molecule has 186 valence electrons. The van der Waals surface area contributed by atoms with Crippen molar-refractivity contribution in [3.63, 3.8) is 0 Å². The van der Waals surface area contributed by atoms with E-state index in [2.05, 4.69) is 6.07 Å². The Morgan fingerprint density at radius 1 is 1.06 bits per heavy atom. The third-order valence-electron chi connectivity index (χ3n) is 6.25. The number of amides is 1. The monoisotopic (exact) mass is 550 g/mol. The second-order valence-electron chi connectivity index (χ2n) is 8.80. The van der Waals surface area contributed by atoms with E-state index >= 15 is 0 Å². The highest BCUT2D eigenvalue weighted by Gasteiger charge is 2.30. The summed E-state index contributed by atoms with van der Waals surface area (Å²) < 4.78 is 28.1. The maximum Gasteiger partial charge on any atom is 0.254 e. The molecule has 1 amide bonds. The Bertz CT molecular complexity index is 1260. The first-order valence-corrected chi connectivity index (χ1v) is 14.7. The Kier molecular flexibility index (Phi) is 8.55. The van der Waals surface area contributed by atoms with E-state index in [0.29, 0.717) is 36.6 Å². The number of rotatable bonds is 8. The van der Waals surface area contributed by atoms with Gasteiger partial charge >= 0.3 is 0 Å². The van der Waals surface area contributed by atoms with Crippen molar-refractivity contribution in [2.75, 3.05) is 13.1 Å². The van der Waals surface area contributed by atoms with Crippen molar-refractivity contribution in [2.45, 2.75) is 50.1 Å². The third-order valence-corrected chi connectivity index (χ3v) is 9.78. The van der Waals surface area contributed by atoms with Crippen molar-refractivity contribution in [3.8, 4) is 0 Å². The van der Waals surface area contributed by atoms with Crippen LogP contribution in [0, 0.1) is 0 Å². The van der Waals surface area contributed by atoms with E-state index in [1.807, 2.05) is 30.5 Å². The molecule has 9 heteroatoms. The highest BCUT2D eigenvalue weighted by Crippen LogP contribution is 2.29. The van der Waals surface area contributed by atoms with E-state index in [4.69, 9.17) is 23.2 Å². The Morgan fingerprint density at radius 3 is 2.43 bits per heavy atom. The van der Waals surface area contributed by atoms with Crippen LogP contribution >= 0.6 is 34.5 Å². The summed E-state index contributed by atoms with van der Waals surface area (Å²) >= 11 is 14.0. The summed E-state index contributed by atoms with van der Waals surface area (Å²) in [5.41, 5.74) is 1.24. The number of nitrogens with zero attached hydrogens (tertiary/aromatic N) is 2. The second-order valence-corrected chi connectivity index (χ2v) is 12.6. The molecule has 0 bridgehead atoms. The van der Waals surface area contributed by atoms with E-state index in [-0.39, 0.29) is 21.9 Å². The maximum absolute atomic E-state index is 13.8. The van der Waals surface area contributed by atoms with Crippen LogP contribution in [0.3, 0.4) is 0 Å². The van der Waals surface area contributed by atoms with E-state index in [9.17, 15) is 13.2 Å². The summed E-state index contributed by atoms with van der Waals surface area (Å²) in [4.78, 5) is 16.8. The van der Waals surface area contributed by atoms with E-state index in [1.54, 1.807) is 34.4 Å². The number of halogens is 2. The average Bonchev–Trinajstić information content (AvgIpc) is 3.37. The van der Waals surface area contributed by atoms with Gasteiger partial charge < -0.3 is 4.90 Å². The fourth-order valence-electron chi connectivity index (χ4n) is 4.29. The molecule has 1 aliphatic heterocycles. The molecular formula is C26H28Cl2N2O3S2. The first-order valence-electron chi connectivity index (χ1n) is 11.6. The molecule has 1 fully saturated rings. The molecule has 0 aliphatic carbocycles. The molecule has 2 heterocycles. The topological polar surface area (TPSA) is 57.7 Å². The van der Waals surface area contributed by atoms with Gasteiger partial charge in [0.1, 0.15) is 4.90 Å². The predicted molar refractivity (Wildman–Crippen MR) is 143 cm³/mol. The van der Waals surface area contributed by atoms with Gasteiger partial charge in [0.25, 0.3) is 5.91 Å². The highest BCUT2D eigenvalue weighted by molar-refractivity contribution is 7.89. The van der Waals surface area contributed by atoms with Gasteiger partial charge in [-0.25, -0.2) is 8.42 Å². The average molecular weight is 552 g/mol. The fraction of sp³-hybridized carbons (Fsp3) is 0.346. The number of carbonyl (C=O) groups is 1. The van der Waals surface area contributed by atoms with Crippen molar-refractivity contribution < 1.29 is 13.2 Å². The molecule has 1 saturated heterocycles. The normalized spacial score (nSPS) is 15.6. The van der Waals surface area contributed by atoms with Gasteiger partial charge in [-0.05, 0) is 67.1 Å². The molecule has 0 saturated carbocycles. The van der Waals surface area contributed by atoms with Gasteiger partial charge in [-0.1, -0.05) is 47.8 Å². The maximum atomic E-state index is 13.8. The lowest BCUT2D eigenvalue weighted by molar-refractivity contribution is 0.0675. The van der Waals surface area contributed by atoms with Crippen LogP contribution in [-0.2, 0) is 23.0 Å².